The van der Waals surface area contributed by atoms with E-state index >= 15 is 0 Å². The second-order valence-corrected chi connectivity index (χ2v) is 7.20. The largest absolute Gasteiger partial charge is 0.399 e. The summed E-state index contributed by atoms with van der Waals surface area (Å²) in [7, 11) is 1.47. The Labute approximate surface area is 151 Å². The third-order valence-electron chi connectivity index (χ3n) is 5.85. The number of aromatic amines is 1. The van der Waals surface area contributed by atoms with Crippen molar-refractivity contribution in [3.63, 3.8) is 0 Å². The SMILES string of the molecule is CO/N=C/c1cc2c(N3CCC4(CCC4)CC3)c(C#N)c(=O)[nH]c2cn1. The number of anilines is 1. The second-order valence-electron chi connectivity index (χ2n) is 7.20. The van der Waals surface area contributed by atoms with Crippen molar-refractivity contribution >= 4 is 22.8 Å². The van der Waals surface area contributed by atoms with Crippen LogP contribution in [0, 0.1) is 16.7 Å². The average molecular weight is 351 g/mol. The molecule has 0 atom stereocenters. The molecule has 7 heteroatoms. The number of pyridine rings is 2. The molecule has 1 saturated carbocycles. The van der Waals surface area contributed by atoms with Gasteiger partial charge in [-0.25, -0.2) is 0 Å². The molecule has 2 aliphatic rings. The van der Waals surface area contributed by atoms with Crippen LogP contribution in [0.3, 0.4) is 0 Å². The van der Waals surface area contributed by atoms with Crippen molar-refractivity contribution in [1.29, 1.82) is 5.26 Å². The van der Waals surface area contributed by atoms with Gasteiger partial charge in [0.1, 0.15) is 18.7 Å². The Kier molecular flexibility index (Phi) is 4.11. The van der Waals surface area contributed by atoms with E-state index in [9.17, 15) is 10.1 Å². The number of fused-ring (bicyclic) bond motifs is 1. The van der Waals surface area contributed by atoms with Crippen molar-refractivity contribution in [2.75, 3.05) is 25.1 Å². The highest BCUT2D eigenvalue weighted by Gasteiger charge is 2.40. The fourth-order valence-electron chi connectivity index (χ4n) is 4.19. The Morgan fingerprint density at radius 2 is 2.15 bits per heavy atom. The predicted molar refractivity (Wildman–Crippen MR) is 99.4 cm³/mol. The van der Waals surface area contributed by atoms with Gasteiger partial charge in [0.05, 0.1) is 29.3 Å². The van der Waals surface area contributed by atoms with E-state index in [0.29, 0.717) is 16.6 Å². The molecular weight excluding hydrogens is 330 g/mol. The molecule has 1 spiro atoms. The fraction of sp³-hybridized carbons (Fsp3) is 0.474. The molecule has 0 bridgehead atoms. The highest BCUT2D eigenvalue weighted by atomic mass is 16.6. The van der Waals surface area contributed by atoms with Crippen LogP contribution in [0.1, 0.15) is 43.4 Å². The van der Waals surface area contributed by atoms with Gasteiger partial charge in [0.2, 0.25) is 0 Å². The maximum absolute atomic E-state index is 12.4. The molecule has 1 N–H and O–H groups in total. The van der Waals surface area contributed by atoms with Gasteiger partial charge in [-0.1, -0.05) is 11.6 Å². The van der Waals surface area contributed by atoms with E-state index in [1.165, 1.54) is 32.6 Å². The van der Waals surface area contributed by atoms with Crippen LogP contribution in [0.15, 0.2) is 22.2 Å². The number of hydrogen-bond donors (Lipinski definition) is 1. The molecule has 1 saturated heterocycles. The number of nitrogens with zero attached hydrogens (tertiary/aromatic N) is 4. The zero-order valence-corrected chi connectivity index (χ0v) is 14.8. The van der Waals surface area contributed by atoms with Gasteiger partial charge < -0.3 is 14.7 Å². The fourth-order valence-corrected chi connectivity index (χ4v) is 4.19. The van der Waals surface area contributed by atoms with Crippen LogP contribution >= 0.6 is 0 Å². The molecule has 1 aliphatic carbocycles. The Balaban J connectivity index is 1.81. The molecule has 2 fully saturated rings. The molecule has 2 aromatic rings. The van der Waals surface area contributed by atoms with Crippen molar-refractivity contribution in [3.05, 3.63) is 33.9 Å². The number of rotatable bonds is 3. The highest BCUT2D eigenvalue weighted by Crippen LogP contribution is 2.49. The predicted octanol–water partition coefficient (Wildman–Crippen LogP) is 2.55. The van der Waals surface area contributed by atoms with Gasteiger partial charge in [0.15, 0.2) is 0 Å². The number of hydrogen-bond acceptors (Lipinski definition) is 6. The van der Waals surface area contributed by atoms with E-state index in [1.807, 2.05) is 6.07 Å². The Morgan fingerprint density at radius 1 is 1.38 bits per heavy atom. The molecule has 2 aromatic heterocycles. The van der Waals surface area contributed by atoms with E-state index < -0.39 is 0 Å². The molecule has 7 nitrogen and oxygen atoms in total. The third-order valence-corrected chi connectivity index (χ3v) is 5.85. The van der Waals surface area contributed by atoms with Crippen LogP contribution in [-0.4, -0.2) is 36.4 Å². The summed E-state index contributed by atoms with van der Waals surface area (Å²) in [5.74, 6) is 0. The van der Waals surface area contributed by atoms with Gasteiger partial charge in [0.25, 0.3) is 5.56 Å². The van der Waals surface area contributed by atoms with Crippen molar-refractivity contribution in [2.45, 2.75) is 32.1 Å². The molecule has 0 aromatic carbocycles. The second kappa shape index (κ2) is 6.45. The molecule has 0 amide bonds. The summed E-state index contributed by atoms with van der Waals surface area (Å²) >= 11 is 0. The lowest BCUT2D eigenvalue weighted by Gasteiger charge is -2.48. The zero-order valence-electron chi connectivity index (χ0n) is 14.8. The Morgan fingerprint density at radius 3 is 2.77 bits per heavy atom. The summed E-state index contributed by atoms with van der Waals surface area (Å²) in [5.41, 5.74) is 2.27. The van der Waals surface area contributed by atoms with Gasteiger partial charge in [-0.2, -0.15) is 5.26 Å². The molecule has 4 rings (SSSR count). The van der Waals surface area contributed by atoms with Crippen molar-refractivity contribution in [2.24, 2.45) is 10.6 Å². The lowest BCUT2D eigenvalue weighted by Crippen LogP contribution is -2.44. The van der Waals surface area contributed by atoms with E-state index in [-0.39, 0.29) is 11.1 Å². The first kappa shape index (κ1) is 16.6. The summed E-state index contributed by atoms with van der Waals surface area (Å²) in [5, 5.41) is 14.2. The van der Waals surface area contributed by atoms with Gasteiger partial charge in [0, 0.05) is 18.5 Å². The third kappa shape index (κ3) is 2.71. The molecular formula is C19H21N5O2. The number of nitriles is 1. The lowest BCUT2D eigenvalue weighted by molar-refractivity contribution is 0.0956. The van der Waals surface area contributed by atoms with Crippen LogP contribution in [0.5, 0.6) is 0 Å². The summed E-state index contributed by atoms with van der Waals surface area (Å²) in [4.78, 5) is 26.4. The first-order valence-electron chi connectivity index (χ1n) is 8.93. The number of oxime groups is 1. The van der Waals surface area contributed by atoms with Crippen molar-refractivity contribution in [3.8, 4) is 6.07 Å². The number of H-pyrrole nitrogens is 1. The number of piperidine rings is 1. The minimum atomic E-state index is -0.362. The van der Waals surface area contributed by atoms with Crippen LogP contribution in [0.2, 0.25) is 0 Å². The van der Waals surface area contributed by atoms with Crippen molar-refractivity contribution < 1.29 is 4.84 Å². The van der Waals surface area contributed by atoms with E-state index in [4.69, 9.17) is 4.84 Å². The van der Waals surface area contributed by atoms with Crippen LogP contribution < -0.4 is 10.5 Å². The normalized spacial score (nSPS) is 18.8. The van der Waals surface area contributed by atoms with Crippen LogP contribution in [0.25, 0.3) is 10.9 Å². The molecule has 0 unspecified atom stereocenters. The summed E-state index contributed by atoms with van der Waals surface area (Å²) in [6.07, 6.45) is 9.30. The molecule has 134 valence electrons. The highest BCUT2D eigenvalue weighted by molar-refractivity contribution is 5.96. The van der Waals surface area contributed by atoms with Gasteiger partial charge in [-0.3, -0.25) is 9.78 Å². The monoisotopic (exact) mass is 351 g/mol. The minimum Gasteiger partial charge on any atom is -0.399 e. The standard InChI is InChI=1S/C19H21N5O2/c1-26-22-11-13-9-14-16(12-21-13)23-18(25)15(10-20)17(14)24-7-5-19(6-8-24)3-2-4-19/h9,11-12H,2-8H2,1H3,(H,23,25)/b22-11+. The molecule has 26 heavy (non-hydrogen) atoms. The van der Waals surface area contributed by atoms with E-state index in [0.717, 1.165) is 37.0 Å². The molecule has 1 aliphatic heterocycles. The average Bonchev–Trinajstić information content (AvgIpc) is 2.64. The lowest BCUT2D eigenvalue weighted by atomic mass is 9.63. The van der Waals surface area contributed by atoms with Gasteiger partial charge in [-0.15, -0.1) is 0 Å². The molecule has 0 radical (unpaired) electrons. The summed E-state index contributed by atoms with van der Waals surface area (Å²) in [6, 6.07) is 3.95. The first-order valence-corrected chi connectivity index (χ1v) is 8.93. The van der Waals surface area contributed by atoms with E-state index in [1.54, 1.807) is 6.20 Å². The van der Waals surface area contributed by atoms with Crippen molar-refractivity contribution in [1.82, 2.24) is 9.97 Å². The summed E-state index contributed by atoms with van der Waals surface area (Å²) < 4.78 is 0. The van der Waals surface area contributed by atoms with Crippen LogP contribution in [0.4, 0.5) is 5.69 Å². The Hall–Kier alpha value is -2.88. The zero-order chi connectivity index (χ0) is 18.1. The summed E-state index contributed by atoms with van der Waals surface area (Å²) in [6.45, 7) is 1.74. The van der Waals surface area contributed by atoms with Crippen LogP contribution in [-0.2, 0) is 4.84 Å². The maximum Gasteiger partial charge on any atom is 0.268 e. The molecule has 3 heterocycles. The number of aromatic nitrogens is 2. The van der Waals surface area contributed by atoms with Gasteiger partial charge >= 0.3 is 0 Å². The Bertz CT molecular complexity index is 958. The maximum atomic E-state index is 12.4. The number of nitrogens with one attached hydrogen (secondary N) is 1. The van der Waals surface area contributed by atoms with Gasteiger partial charge in [-0.05, 0) is 37.2 Å². The topological polar surface area (TPSA) is 94.4 Å². The quantitative estimate of drug-likeness (QED) is 0.677. The first-order chi connectivity index (χ1) is 12.7. The smallest absolute Gasteiger partial charge is 0.268 e. The minimum absolute atomic E-state index is 0.169. The van der Waals surface area contributed by atoms with E-state index in [2.05, 4.69) is 26.1 Å².